The number of nitrogens with one attached hydrogen (secondary N) is 2. The topological polar surface area (TPSA) is 93.7 Å². The Hall–Kier alpha value is -1.80. The summed E-state index contributed by atoms with van der Waals surface area (Å²) >= 11 is 9.18. The van der Waals surface area contributed by atoms with Crippen molar-refractivity contribution < 1.29 is 23.9 Å². The van der Waals surface area contributed by atoms with Crippen LogP contribution in [0.5, 0.6) is 5.75 Å². The van der Waals surface area contributed by atoms with Gasteiger partial charge in [0.2, 0.25) is 0 Å². The zero-order chi connectivity index (χ0) is 16.8. The van der Waals surface area contributed by atoms with Crippen LogP contribution in [0, 0.1) is 0 Å². The van der Waals surface area contributed by atoms with Gasteiger partial charge in [0.15, 0.2) is 13.2 Å². The van der Waals surface area contributed by atoms with Crippen molar-refractivity contribution >= 4 is 45.4 Å². The molecule has 9 heteroatoms. The average Bonchev–Trinajstić information content (AvgIpc) is 3.28. The molecule has 124 valence electrons. The number of hydrogen-bond acceptors (Lipinski definition) is 5. The molecule has 23 heavy (non-hydrogen) atoms. The zero-order valence-electron chi connectivity index (χ0n) is 11.9. The molecule has 1 aromatic carbocycles. The van der Waals surface area contributed by atoms with Crippen molar-refractivity contribution in [3.05, 3.63) is 27.7 Å². The lowest BCUT2D eigenvalue weighted by Gasteiger charge is -2.09. The fourth-order valence-electron chi connectivity index (χ4n) is 1.53. The van der Waals surface area contributed by atoms with Crippen LogP contribution < -0.4 is 15.4 Å². The largest absolute Gasteiger partial charge is 0.480 e. The molecule has 1 saturated carbocycles. The number of esters is 1. The summed E-state index contributed by atoms with van der Waals surface area (Å²) in [5, 5.41) is 4.97. The number of halogens is 2. The quantitative estimate of drug-likeness (QED) is 0.706. The zero-order valence-corrected chi connectivity index (χ0v) is 14.3. The third-order valence-electron chi connectivity index (χ3n) is 2.77. The number of amides is 3. The number of ether oxygens (including phenoxy) is 2. The first-order chi connectivity index (χ1) is 10.9. The predicted molar refractivity (Wildman–Crippen MR) is 85.3 cm³/mol. The molecule has 1 aromatic rings. The normalized spacial score (nSPS) is 13.1. The van der Waals surface area contributed by atoms with Crippen molar-refractivity contribution in [2.45, 2.75) is 18.9 Å². The minimum absolute atomic E-state index is 0.134. The van der Waals surface area contributed by atoms with E-state index in [4.69, 9.17) is 21.1 Å². The first-order valence-corrected chi connectivity index (χ1v) is 7.95. The van der Waals surface area contributed by atoms with Crippen LogP contribution in [-0.4, -0.2) is 37.2 Å². The van der Waals surface area contributed by atoms with Gasteiger partial charge in [0, 0.05) is 10.5 Å². The molecule has 0 atom stereocenters. The lowest BCUT2D eigenvalue weighted by atomic mass is 10.3. The highest BCUT2D eigenvalue weighted by atomic mass is 79.9. The Labute approximate surface area is 145 Å². The molecule has 1 aliphatic carbocycles. The number of benzene rings is 1. The summed E-state index contributed by atoms with van der Waals surface area (Å²) in [4.78, 5) is 34.2. The van der Waals surface area contributed by atoms with E-state index in [2.05, 4.69) is 26.6 Å². The molecule has 0 bridgehead atoms. The van der Waals surface area contributed by atoms with Gasteiger partial charge in [0.05, 0.1) is 5.02 Å². The summed E-state index contributed by atoms with van der Waals surface area (Å²) < 4.78 is 10.7. The van der Waals surface area contributed by atoms with Crippen LogP contribution in [0.2, 0.25) is 5.02 Å². The van der Waals surface area contributed by atoms with E-state index in [1.807, 2.05) is 0 Å². The maximum absolute atomic E-state index is 11.5. The molecule has 1 aliphatic rings. The van der Waals surface area contributed by atoms with Crippen LogP contribution in [0.15, 0.2) is 22.7 Å². The summed E-state index contributed by atoms with van der Waals surface area (Å²) in [6.45, 7) is -0.961. The molecular formula is C14H14BrClN2O5. The van der Waals surface area contributed by atoms with Crippen LogP contribution in [0.4, 0.5) is 4.79 Å². The lowest BCUT2D eigenvalue weighted by Crippen LogP contribution is -2.42. The summed E-state index contributed by atoms with van der Waals surface area (Å²) in [5.74, 6) is -1.14. The minimum Gasteiger partial charge on any atom is -0.480 e. The molecule has 0 saturated heterocycles. The van der Waals surface area contributed by atoms with Gasteiger partial charge in [-0.3, -0.25) is 10.1 Å². The maximum Gasteiger partial charge on any atom is 0.344 e. The molecule has 0 radical (unpaired) electrons. The van der Waals surface area contributed by atoms with Crippen molar-refractivity contribution in [2.75, 3.05) is 13.2 Å². The molecule has 1 fully saturated rings. The van der Waals surface area contributed by atoms with Gasteiger partial charge in [-0.25, -0.2) is 9.59 Å². The van der Waals surface area contributed by atoms with E-state index in [9.17, 15) is 14.4 Å². The molecule has 0 spiro atoms. The fraction of sp³-hybridized carbons (Fsp3) is 0.357. The number of carbonyl (C=O) groups is 3. The Morgan fingerprint density at radius 3 is 2.65 bits per heavy atom. The third kappa shape index (κ3) is 6.45. The van der Waals surface area contributed by atoms with E-state index in [0.717, 1.165) is 17.3 Å². The van der Waals surface area contributed by atoms with Crippen LogP contribution in [0.3, 0.4) is 0 Å². The number of rotatable bonds is 6. The smallest absolute Gasteiger partial charge is 0.344 e. The van der Waals surface area contributed by atoms with Gasteiger partial charge >= 0.3 is 12.0 Å². The molecule has 3 amide bonds. The number of imide groups is 1. The van der Waals surface area contributed by atoms with E-state index < -0.39 is 31.1 Å². The summed E-state index contributed by atoms with van der Waals surface area (Å²) in [6.07, 6.45) is 1.82. The van der Waals surface area contributed by atoms with Gasteiger partial charge in [-0.2, -0.15) is 0 Å². The molecule has 7 nitrogen and oxygen atoms in total. The standard InChI is InChI=1S/C14H14BrClN2O5/c15-8-1-4-11(10(16)5-8)22-7-13(20)23-6-12(19)18-14(21)17-9-2-3-9/h1,4-5,9H,2-3,6-7H2,(H2,17,18,19,21). The second-order valence-corrected chi connectivity index (χ2v) is 6.14. The lowest BCUT2D eigenvalue weighted by molar-refractivity contribution is -0.150. The highest BCUT2D eigenvalue weighted by Crippen LogP contribution is 2.27. The van der Waals surface area contributed by atoms with Crippen LogP contribution in [0.1, 0.15) is 12.8 Å². The van der Waals surface area contributed by atoms with E-state index in [1.54, 1.807) is 18.2 Å². The molecular weight excluding hydrogens is 392 g/mol. The van der Waals surface area contributed by atoms with Gasteiger partial charge in [-0.15, -0.1) is 0 Å². The van der Waals surface area contributed by atoms with Gasteiger partial charge in [-0.1, -0.05) is 27.5 Å². The van der Waals surface area contributed by atoms with Gasteiger partial charge < -0.3 is 14.8 Å². The number of urea groups is 1. The van der Waals surface area contributed by atoms with Crippen LogP contribution in [0.25, 0.3) is 0 Å². The van der Waals surface area contributed by atoms with Crippen molar-refractivity contribution in [2.24, 2.45) is 0 Å². The molecule has 0 aromatic heterocycles. The Balaban J connectivity index is 1.65. The monoisotopic (exact) mass is 404 g/mol. The van der Waals surface area contributed by atoms with Crippen LogP contribution >= 0.6 is 27.5 Å². The second kappa shape index (κ2) is 8.16. The average molecular weight is 406 g/mol. The van der Waals surface area contributed by atoms with E-state index in [0.29, 0.717) is 10.8 Å². The summed E-state index contributed by atoms with van der Waals surface area (Å²) in [5.41, 5.74) is 0. The van der Waals surface area contributed by atoms with Crippen molar-refractivity contribution in [1.82, 2.24) is 10.6 Å². The maximum atomic E-state index is 11.5. The molecule has 2 rings (SSSR count). The van der Waals surface area contributed by atoms with Gasteiger partial charge in [-0.05, 0) is 31.0 Å². The predicted octanol–water partition coefficient (Wildman–Crippen LogP) is 2.01. The van der Waals surface area contributed by atoms with Gasteiger partial charge in [0.1, 0.15) is 5.75 Å². The SMILES string of the molecule is O=C(COC(=O)COc1ccc(Br)cc1Cl)NC(=O)NC1CC1. The highest BCUT2D eigenvalue weighted by Gasteiger charge is 2.24. The minimum atomic E-state index is -0.748. The van der Waals surface area contributed by atoms with E-state index in [1.165, 1.54) is 0 Å². The van der Waals surface area contributed by atoms with E-state index in [-0.39, 0.29) is 6.04 Å². The molecule has 0 unspecified atom stereocenters. The Morgan fingerprint density at radius 2 is 2.00 bits per heavy atom. The summed E-state index contributed by atoms with van der Waals surface area (Å²) in [7, 11) is 0. The number of carbonyl (C=O) groups excluding carboxylic acids is 3. The molecule has 0 heterocycles. The Kier molecular flexibility index (Phi) is 6.23. The summed E-state index contributed by atoms with van der Waals surface area (Å²) in [6, 6.07) is 4.46. The van der Waals surface area contributed by atoms with Crippen molar-refractivity contribution in [3.8, 4) is 5.75 Å². The second-order valence-electron chi connectivity index (χ2n) is 4.82. The first kappa shape index (κ1) is 17.6. The van der Waals surface area contributed by atoms with Crippen molar-refractivity contribution in [3.63, 3.8) is 0 Å². The fourth-order valence-corrected chi connectivity index (χ4v) is 2.26. The molecule has 0 aliphatic heterocycles. The Bertz CT molecular complexity index is 621. The Morgan fingerprint density at radius 1 is 1.26 bits per heavy atom. The van der Waals surface area contributed by atoms with Gasteiger partial charge in [0.25, 0.3) is 5.91 Å². The highest BCUT2D eigenvalue weighted by molar-refractivity contribution is 9.10. The van der Waals surface area contributed by atoms with Crippen molar-refractivity contribution in [1.29, 1.82) is 0 Å². The van der Waals surface area contributed by atoms with Crippen LogP contribution in [-0.2, 0) is 14.3 Å². The first-order valence-electron chi connectivity index (χ1n) is 6.78. The molecule has 2 N–H and O–H groups in total. The van der Waals surface area contributed by atoms with E-state index >= 15 is 0 Å². The third-order valence-corrected chi connectivity index (χ3v) is 3.56. The number of hydrogen-bond donors (Lipinski definition) is 2.